The first kappa shape index (κ1) is 9.97. The first-order valence-electron chi connectivity index (χ1n) is 5.73. The zero-order chi connectivity index (χ0) is 9.97. The van der Waals surface area contributed by atoms with Gasteiger partial charge in [0.15, 0.2) is 0 Å². The van der Waals surface area contributed by atoms with Crippen molar-refractivity contribution in [1.29, 1.82) is 0 Å². The monoisotopic (exact) mass is 196 g/mol. The van der Waals surface area contributed by atoms with Gasteiger partial charge in [0.2, 0.25) is 5.91 Å². The van der Waals surface area contributed by atoms with Crippen LogP contribution >= 0.6 is 0 Å². The van der Waals surface area contributed by atoms with Gasteiger partial charge in [-0.3, -0.25) is 4.79 Å². The Balaban J connectivity index is 1.45. The summed E-state index contributed by atoms with van der Waals surface area (Å²) in [6, 6.07) is 0. The SMILES string of the molecule is CC1CC1CNC(=O)CNCC1CC1. The highest BCUT2D eigenvalue weighted by molar-refractivity contribution is 5.77. The Morgan fingerprint density at radius 1 is 1.36 bits per heavy atom. The molecule has 2 atom stereocenters. The quantitative estimate of drug-likeness (QED) is 0.658. The summed E-state index contributed by atoms with van der Waals surface area (Å²) in [6.07, 6.45) is 3.97. The summed E-state index contributed by atoms with van der Waals surface area (Å²) in [7, 11) is 0. The van der Waals surface area contributed by atoms with Crippen LogP contribution < -0.4 is 10.6 Å². The summed E-state index contributed by atoms with van der Waals surface area (Å²) >= 11 is 0. The van der Waals surface area contributed by atoms with E-state index in [4.69, 9.17) is 0 Å². The van der Waals surface area contributed by atoms with Gasteiger partial charge in [0.1, 0.15) is 0 Å². The first-order valence-corrected chi connectivity index (χ1v) is 5.73. The molecule has 0 spiro atoms. The lowest BCUT2D eigenvalue weighted by Gasteiger charge is -2.05. The van der Waals surface area contributed by atoms with Crippen LogP contribution in [-0.4, -0.2) is 25.5 Å². The second-order valence-corrected chi connectivity index (χ2v) is 4.85. The van der Waals surface area contributed by atoms with E-state index in [9.17, 15) is 4.79 Å². The summed E-state index contributed by atoms with van der Waals surface area (Å²) in [5.41, 5.74) is 0. The van der Waals surface area contributed by atoms with Crippen molar-refractivity contribution in [2.45, 2.75) is 26.2 Å². The molecule has 1 amide bonds. The molecule has 2 rings (SSSR count). The fourth-order valence-corrected chi connectivity index (χ4v) is 1.70. The van der Waals surface area contributed by atoms with Crippen molar-refractivity contribution in [3.63, 3.8) is 0 Å². The van der Waals surface area contributed by atoms with Crippen molar-refractivity contribution in [1.82, 2.24) is 10.6 Å². The third kappa shape index (κ3) is 3.29. The second-order valence-electron chi connectivity index (χ2n) is 4.85. The molecule has 0 bridgehead atoms. The van der Waals surface area contributed by atoms with Gasteiger partial charge in [-0.05, 0) is 43.6 Å². The van der Waals surface area contributed by atoms with Crippen molar-refractivity contribution >= 4 is 5.91 Å². The molecular formula is C11H20N2O. The molecule has 2 unspecified atom stereocenters. The zero-order valence-electron chi connectivity index (χ0n) is 8.88. The van der Waals surface area contributed by atoms with E-state index in [2.05, 4.69) is 17.6 Å². The summed E-state index contributed by atoms with van der Waals surface area (Å²) < 4.78 is 0. The molecule has 0 radical (unpaired) electrons. The molecule has 2 saturated carbocycles. The molecule has 0 saturated heterocycles. The molecule has 0 aromatic carbocycles. The number of amides is 1. The zero-order valence-corrected chi connectivity index (χ0v) is 8.88. The Morgan fingerprint density at radius 3 is 2.64 bits per heavy atom. The maximum absolute atomic E-state index is 11.3. The van der Waals surface area contributed by atoms with Crippen LogP contribution in [-0.2, 0) is 4.79 Å². The highest BCUT2D eigenvalue weighted by Gasteiger charge is 2.32. The van der Waals surface area contributed by atoms with E-state index in [-0.39, 0.29) is 5.91 Å². The Kier molecular flexibility index (Phi) is 3.06. The molecule has 3 nitrogen and oxygen atoms in total. The van der Waals surface area contributed by atoms with Crippen molar-refractivity contribution in [3.05, 3.63) is 0 Å². The van der Waals surface area contributed by atoms with E-state index in [0.29, 0.717) is 6.54 Å². The molecule has 0 aliphatic heterocycles. The van der Waals surface area contributed by atoms with Gasteiger partial charge in [-0.2, -0.15) is 0 Å². The maximum Gasteiger partial charge on any atom is 0.233 e. The lowest BCUT2D eigenvalue weighted by Crippen LogP contribution is -2.35. The normalized spacial score (nSPS) is 30.1. The summed E-state index contributed by atoms with van der Waals surface area (Å²) in [5.74, 6) is 2.59. The Morgan fingerprint density at radius 2 is 2.07 bits per heavy atom. The number of nitrogens with one attached hydrogen (secondary N) is 2. The lowest BCUT2D eigenvalue weighted by molar-refractivity contribution is -0.120. The summed E-state index contributed by atoms with van der Waals surface area (Å²) in [5, 5.41) is 6.16. The summed E-state index contributed by atoms with van der Waals surface area (Å²) in [6.45, 7) is 4.64. The summed E-state index contributed by atoms with van der Waals surface area (Å²) in [4.78, 5) is 11.3. The third-order valence-electron chi connectivity index (χ3n) is 3.25. The Hall–Kier alpha value is -0.570. The average molecular weight is 196 g/mol. The molecule has 2 fully saturated rings. The fraction of sp³-hybridized carbons (Fsp3) is 0.909. The first-order chi connectivity index (χ1) is 6.75. The fourth-order valence-electron chi connectivity index (χ4n) is 1.70. The average Bonchev–Trinajstić information content (AvgIpc) is 3.01. The largest absolute Gasteiger partial charge is 0.355 e. The van der Waals surface area contributed by atoms with Gasteiger partial charge in [0, 0.05) is 6.54 Å². The number of hydrogen-bond acceptors (Lipinski definition) is 2. The van der Waals surface area contributed by atoms with Gasteiger partial charge < -0.3 is 10.6 Å². The van der Waals surface area contributed by atoms with Gasteiger partial charge in [-0.1, -0.05) is 6.92 Å². The molecule has 0 aromatic heterocycles. The lowest BCUT2D eigenvalue weighted by atomic mass is 10.3. The molecule has 2 aliphatic carbocycles. The maximum atomic E-state index is 11.3. The van der Waals surface area contributed by atoms with E-state index in [1.54, 1.807) is 0 Å². The standard InChI is InChI=1S/C11H20N2O/c1-8-4-10(8)6-13-11(14)7-12-5-9-2-3-9/h8-10,12H,2-7H2,1H3,(H,13,14). The number of rotatable bonds is 6. The van der Waals surface area contributed by atoms with Crippen LogP contribution in [0, 0.1) is 17.8 Å². The third-order valence-corrected chi connectivity index (χ3v) is 3.25. The molecular weight excluding hydrogens is 176 g/mol. The Bertz CT molecular complexity index is 213. The number of carbonyl (C=O) groups is 1. The van der Waals surface area contributed by atoms with Crippen molar-refractivity contribution in [2.75, 3.05) is 19.6 Å². The van der Waals surface area contributed by atoms with Crippen LogP contribution in [0.5, 0.6) is 0 Å². The molecule has 14 heavy (non-hydrogen) atoms. The minimum absolute atomic E-state index is 0.157. The van der Waals surface area contributed by atoms with Crippen LogP contribution in [0.4, 0.5) is 0 Å². The topological polar surface area (TPSA) is 41.1 Å². The molecule has 2 N–H and O–H groups in total. The Labute approximate surface area is 85.6 Å². The predicted molar refractivity (Wildman–Crippen MR) is 55.9 cm³/mol. The highest BCUT2D eigenvalue weighted by atomic mass is 16.1. The second kappa shape index (κ2) is 4.30. The van der Waals surface area contributed by atoms with Crippen LogP contribution in [0.3, 0.4) is 0 Å². The van der Waals surface area contributed by atoms with E-state index >= 15 is 0 Å². The van der Waals surface area contributed by atoms with Gasteiger partial charge in [-0.25, -0.2) is 0 Å². The van der Waals surface area contributed by atoms with Gasteiger partial charge in [0.25, 0.3) is 0 Å². The van der Waals surface area contributed by atoms with E-state index in [0.717, 1.165) is 30.8 Å². The number of carbonyl (C=O) groups excluding carboxylic acids is 1. The van der Waals surface area contributed by atoms with Crippen LogP contribution in [0.1, 0.15) is 26.2 Å². The number of hydrogen-bond donors (Lipinski definition) is 2. The highest BCUT2D eigenvalue weighted by Crippen LogP contribution is 2.36. The molecule has 80 valence electrons. The van der Waals surface area contributed by atoms with E-state index < -0.39 is 0 Å². The minimum Gasteiger partial charge on any atom is -0.355 e. The molecule has 0 aromatic rings. The van der Waals surface area contributed by atoms with Crippen molar-refractivity contribution in [3.8, 4) is 0 Å². The predicted octanol–water partition coefficient (Wildman–Crippen LogP) is 0.758. The van der Waals surface area contributed by atoms with E-state index in [1.165, 1.54) is 19.3 Å². The minimum atomic E-state index is 0.157. The smallest absolute Gasteiger partial charge is 0.233 e. The van der Waals surface area contributed by atoms with Gasteiger partial charge >= 0.3 is 0 Å². The molecule has 0 heterocycles. The van der Waals surface area contributed by atoms with Crippen molar-refractivity contribution < 1.29 is 4.79 Å². The molecule has 3 heteroatoms. The van der Waals surface area contributed by atoms with Gasteiger partial charge in [0.05, 0.1) is 6.54 Å². The van der Waals surface area contributed by atoms with Crippen molar-refractivity contribution in [2.24, 2.45) is 17.8 Å². The van der Waals surface area contributed by atoms with Crippen LogP contribution in [0.15, 0.2) is 0 Å². The molecule has 2 aliphatic rings. The van der Waals surface area contributed by atoms with E-state index in [1.807, 2.05) is 0 Å². The van der Waals surface area contributed by atoms with Crippen LogP contribution in [0.2, 0.25) is 0 Å². The van der Waals surface area contributed by atoms with Crippen LogP contribution in [0.25, 0.3) is 0 Å². The van der Waals surface area contributed by atoms with Gasteiger partial charge in [-0.15, -0.1) is 0 Å².